The van der Waals surface area contributed by atoms with Gasteiger partial charge in [0.05, 0.1) is 5.60 Å². The van der Waals surface area contributed by atoms with Crippen molar-refractivity contribution >= 4 is 16.8 Å². The van der Waals surface area contributed by atoms with Crippen LogP contribution >= 0.6 is 0 Å². The summed E-state index contributed by atoms with van der Waals surface area (Å²) >= 11 is 0. The van der Waals surface area contributed by atoms with Gasteiger partial charge in [-0.05, 0) is 39.5 Å². The molecule has 1 N–H and O–H groups in total. The molecular weight excluding hydrogens is 252 g/mol. The van der Waals surface area contributed by atoms with E-state index in [-0.39, 0.29) is 10.9 Å². The summed E-state index contributed by atoms with van der Waals surface area (Å²) < 4.78 is 17.2. The third-order valence-electron chi connectivity index (χ3n) is 4.28. The fourth-order valence-corrected chi connectivity index (χ4v) is 4.81. The fraction of sp³-hybridized carbons (Fsp3) is 0.923. The Hall–Kier alpha value is -0.420. The molecule has 1 aliphatic carbocycles. The highest BCUT2D eigenvalue weighted by Gasteiger charge is 2.46. The minimum Gasteiger partial charge on any atom is -0.480 e. The zero-order valence-corrected chi connectivity index (χ0v) is 11.9. The number of hydrogen-bond acceptors (Lipinski definition) is 3. The first-order valence-electron chi connectivity index (χ1n) is 6.65. The van der Waals surface area contributed by atoms with Crippen LogP contribution in [-0.4, -0.2) is 37.5 Å². The van der Waals surface area contributed by atoms with E-state index in [1.807, 2.05) is 0 Å². The Morgan fingerprint density at radius 1 is 1.39 bits per heavy atom. The second-order valence-corrected chi connectivity index (χ2v) is 8.25. The smallest absolute Gasteiger partial charge is 0.321 e. The van der Waals surface area contributed by atoms with Gasteiger partial charge in [0.1, 0.15) is 4.75 Å². The van der Waals surface area contributed by atoms with Crippen LogP contribution in [0.4, 0.5) is 0 Å². The summed E-state index contributed by atoms with van der Waals surface area (Å²) in [5.74, 6) is -0.979. The molecule has 0 aromatic carbocycles. The molecule has 0 aromatic rings. The van der Waals surface area contributed by atoms with Crippen LogP contribution in [-0.2, 0) is 20.3 Å². The van der Waals surface area contributed by atoms with E-state index < -0.39 is 21.5 Å². The summed E-state index contributed by atoms with van der Waals surface area (Å²) in [7, 11) is -1.35. The van der Waals surface area contributed by atoms with E-state index in [1.54, 1.807) is 13.8 Å². The van der Waals surface area contributed by atoms with Crippen LogP contribution < -0.4 is 0 Å². The normalized spacial score (nSPS) is 29.3. The average molecular weight is 274 g/mol. The Morgan fingerprint density at radius 2 is 2.00 bits per heavy atom. The van der Waals surface area contributed by atoms with Crippen molar-refractivity contribution in [1.29, 1.82) is 0 Å². The quantitative estimate of drug-likeness (QED) is 0.856. The summed E-state index contributed by atoms with van der Waals surface area (Å²) in [6.07, 6.45) is 5.88. The van der Waals surface area contributed by atoms with Gasteiger partial charge in [0.25, 0.3) is 0 Å². The summed E-state index contributed by atoms with van der Waals surface area (Å²) in [4.78, 5) is 11.2. The summed E-state index contributed by atoms with van der Waals surface area (Å²) in [6, 6.07) is 0. The Balaban J connectivity index is 2.09. The fourth-order valence-electron chi connectivity index (χ4n) is 3.04. The minimum absolute atomic E-state index is 0.0389. The highest BCUT2D eigenvalue weighted by Crippen LogP contribution is 2.42. The number of rotatable bonds is 3. The predicted molar refractivity (Wildman–Crippen MR) is 70.0 cm³/mol. The Bertz CT molecular complexity index is 358. The Labute approximate surface area is 111 Å². The average Bonchev–Trinajstić information content (AvgIpc) is 2.76. The predicted octanol–water partition coefficient (Wildman–Crippen LogP) is 2.09. The lowest BCUT2D eigenvalue weighted by Gasteiger charge is -2.39. The maximum Gasteiger partial charge on any atom is 0.321 e. The Morgan fingerprint density at radius 3 is 2.56 bits per heavy atom. The summed E-state index contributed by atoms with van der Waals surface area (Å²) in [6.45, 7) is 3.73. The third kappa shape index (κ3) is 2.48. The first-order chi connectivity index (χ1) is 8.37. The van der Waals surface area contributed by atoms with Gasteiger partial charge in [-0.2, -0.15) is 0 Å². The van der Waals surface area contributed by atoms with Crippen molar-refractivity contribution in [3.05, 3.63) is 0 Å². The minimum atomic E-state index is -1.35. The number of ether oxygens (including phenoxy) is 1. The van der Waals surface area contributed by atoms with E-state index in [1.165, 1.54) is 12.8 Å². The first-order valence-corrected chi connectivity index (χ1v) is 7.87. The highest BCUT2D eigenvalue weighted by atomic mass is 32.2. The zero-order valence-electron chi connectivity index (χ0n) is 11.1. The molecule has 18 heavy (non-hydrogen) atoms. The van der Waals surface area contributed by atoms with Crippen molar-refractivity contribution < 1.29 is 18.8 Å². The molecule has 104 valence electrons. The molecule has 1 heterocycles. The van der Waals surface area contributed by atoms with Crippen LogP contribution in [0.1, 0.15) is 52.4 Å². The molecule has 1 saturated heterocycles. The molecule has 2 aliphatic rings. The van der Waals surface area contributed by atoms with Gasteiger partial charge in [-0.25, -0.2) is 0 Å². The van der Waals surface area contributed by atoms with Gasteiger partial charge < -0.3 is 9.84 Å². The molecule has 0 amide bonds. The largest absolute Gasteiger partial charge is 0.480 e. The van der Waals surface area contributed by atoms with Gasteiger partial charge >= 0.3 is 5.97 Å². The highest BCUT2D eigenvalue weighted by molar-refractivity contribution is 7.87. The molecule has 5 heteroatoms. The number of carboxylic acid groups (broad SMARTS) is 1. The van der Waals surface area contributed by atoms with Gasteiger partial charge in [-0.1, -0.05) is 12.8 Å². The number of aliphatic carboxylic acids is 1. The van der Waals surface area contributed by atoms with Gasteiger partial charge in [-0.3, -0.25) is 9.00 Å². The van der Waals surface area contributed by atoms with Crippen LogP contribution in [0.2, 0.25) is 0 Å². The van der Waals surface area contributed by atoms with E-state index in [9.17, 15) is 14.1 Å². The second kappa shape index (κ2) is 4.93. The van der Waals surface area contributed by atoms with E-state index in [4.69, 9.17) is 4.74 Å². The van der Waals surface area contributed by atoms with Crippen molar-refractivity contribution in [2.45, 2.75) is 68.0 Å². The van der Waals surface area contributed by atoms with Gasteiger partial charge in [-0.15, -0.1) is 0 Å². The molecular formula is C13H22O4S. The van der Waals surface area contributed by atoms with Crippen LogP contribution in [0, 0.1) is 0 Å². The Kier molecular flexibility index (Phi) is 3.83. The molecule has 4 nitrogen and oxygen atoms in total. The van der Waals surface area contributed by atoms with Crippen LogP contribution in [0.25, 0.3) is 0 Å². The molecule has 0 aromatic heterocycles. The van der Waals surface area contributed by atoms with Crippen molar-refractivity contribution in [2.75, 3.05) is 6.61 Å². The van der Waals surface area contributed by atoms with Gasteiger partial charge in [0.2, 0.25) is 0 Å². The monoisotopic (exact) mass is 274 g/mol. The molecule has 1 aliphatic heterocycles. The third-order valence-corrected chi connectivity index (χ3v) is 6.47. The molecule has 0 bridgehead atoms. The molecule has 1 spiro atoms. The van der Waals surface area contributed by atoms with E-state index >= 15 is 0 Å². The maximum absolute atomic E-state index is 12.5. The van der Waals surface area contributed by atoms with E-state index in [0.717, 1.165) is 19.3 Å². The summed E-state index contributed by atoms with van der Waals surface area (Å²) in [5.41, 5.74) is -0.104. The lowest BCUT2D eigenvalue weighted by molar-refractivity contribution is -0.139. The second-order valence-electron chi connectivity index (χ2n) is 5.97. The number of carbonyl (C=O) groups is 1. The standard InChI is InChI=1S/C13H22O4S/c1-12(2,11(14)15)18(16)10-5-8-17-13(9-10)6-3-4-7-13/h10H,3-9H2,1-2H3,(H,14,15). The lowest BCUT2D eigenvalue weighted by atomic mass is 9.92. The molecule has 2 atom stereocenters. The lowest BCUT2D eigenvalue weighted by Crippen LogP contribution is -2.48. The van der Waals surface area contributed by atoms with Crippen molar-refractivity contribution in [2.24, 2.45) is 0 Å². The van der Waals surface area contributed by atoms with Gasteiger partial charge in [0, 0.05) is 22.7 Å². The van der Waals surface area contributed by atoms with Gasteiger partial charge in [0.15, 0.2) is 0 Å². The van der Waals surface area contributed by atoms with Crippen molar-refractivity contribution in [1.82, 2.24) is 0 Å². The molecule has 2 unspecified atom stereocenters. The molecule has 1 saturated carbocycles. The first kappa shape index (κ1) is 14.0. The van der Waals surface area contributed by atoms with Crippen molar-refractivity contribution in [3.63, 3.8) is 0 Å². The topological polar surface area (TPSA) is 63.6 Å². The number of carboxylic acids is 1. The zero-order chi connectivity index (χ0) is 13.4. The van der Waals surface area contributed by atoms with Crippen LogP contribution in [0.3, 0.4) is 0 Å². The SMILES string of the molecule is CC(C)(C(=O)O)S(=O)C1CCOC2(CCCC2)C1. The number of hydrogen-bond donors (Lipinski definition) is 1. The molecule has 2 fully saturated rings. The molecule has 2 rings (SSSR count). The maximum atomic E-state index is 12.5. The van der Waals surface area contributed by atoms with E-state index in [2.05, 4.69) is 0 Å². The van der Waals surface area contributed by atoms with Crippen LogP contribution in [0.15, 0.2) is 0 Å². The molecule has 0 radical (unpaired) electrons. The van der Waals surface area contributed by atoms with Crippen molar-refractivity contribution in [3.8, 4) is 0 Å². The van der Waals surface area contributed by atoms with E-state index in [0.29, 0.717) is 13.0 Å². The van der Waals surface area contributed by atoms with Crippen LogP contribution in [0.5, 0.6) is 0 Å². The summed E-state index contributed by atoms with van der Waals surface area (Å²) in [5, 5.41) is 9.14.